The van der Waals surface area contributed by atoms with Crippen molar-refractivity contribution in [1.82, 2.24) is 5.32 Å². The van der Waals surface area contributed by atoms with Gasteiger partial charge >= 0.3 is 0 Å². The van der Waals surface area contributed by atoms with Crippen LogP contribution in [0, 0.1) is 13.8 Å². The molecule has 0 atom stereocenters. The summed E-state index contributed by atoms with van der Waals surface area (Å²) in [7, 11) is 0. The van der Waals surface area contributed by atoms with Gasteiger partial charge in [0.1, 0.15) is 0 Å². The highest BCUT2D eigenvalue weighted by Gasteiger charge is 2.10. The zero-order chi connectivity index (χ0) is 15.2. The Morgan fingerprint density at radius 1 is 0.905 bits per heavy atom. The lowest BCUT2D eigenvalue weighted by Gasteiger charge is -2.10. The highest BCUT2D eigenvalue weighted by Crippen LogP contribution is 2.12. The van der Waals surface area contributed by atoms with E-state index in [4.69, 9.17) is 0 Å². The van der Waals surface area contributed by atoms with Crippen LogP contribution in [0.25, 0.3) is 0 Å². The number of carbonyl (C=O) groups is 2. The molecule has 0 radical (unpaired) electrons. The Bertz CT molecular complexity index is 665. The smallest absolute Gasteiger partial charge is 0.251 e. The molecule has 0 aliphatic heterocycles. The Balaban J connectivity index is 1.91. The third-order valence-corrected chi connectivity index (χ3v) is 3.22. The number of rotatable bonds is 4. The van der Waals surface area contributed by atoms with Gasteiger partial charge in [0.2, 0.25) is 5.91 Å². The van der Waals surface area contributed by atoms with Gasteiger partial charge in [0, 0.05) is 11.3 Å². The summed E-state index contributed by atoms with van der Waals surface area (Å²) in [5.74, 6) is -0.487. The van der Waals surface area contributed by atoms with Gasteiger partial charge in [-0.3, -0.25) is 9.59 Å². The molecule has 2 aromatic rings. The maximum absolute atomic E-state index is 12.0. The van der Waals surface area contributed by atoms with E-state index < -0.39 is 0 Å². The fourth-order valence-corrected chi connectivity index (χ4v) is 1.99. The molecule has 2 aromatic carbocycles. The lowest BCUT2D eigenvalue weighted by Crippen LogP contribution is -2.33. The summed E-state index contributed by atoms with van der Waals surface area (Å²) in [5.41, 5.74) is 3.21. The Labute approximate surface area is 124 Å². The van der Waals surface area contributed by atoms with Crippen LogP contribution in [0.1, 0.15) is 21.5 Å². The van der Waals surface area contributed by atoms with Crippen LogP contribution in [0.5, 0.6) is 0 Å². The van der Waals surface area contributed by atoms with Crippen LogP contribution in [-0.4, -0.2) is 18.4 Å². The molecule has 0 spiro atoms. The minimum absolute atomic E-state index is 0.0541. The van der Waals surface area contributed by atoms with E-state index in [1.807, 2.05) is 50.2 Å². The molecule has 0 saturated heterocycles. The first kappa shape index (κ1) is 14.8. The molecule has 0 saturated carbocycles. The molecule has 0 unspecified atom stereocenters. The fourth-order valence-electron chi connectivity index (χ4n) is 1.99. The summed E-state index contributed by atoms with van der Waals surface area (Å²) in [5, 5.41) is 5.41. The van der Waals surface area contributed by atoms with Crippen LogP contribution in [0.15, 0.2) is 48.5 Å². The largest absolute Gasteiger partial charge is 0.343 e. The number of anilines is 1. The van der Waals surface area contributed by atoms with Gasteiger partial charge in [0.15, 0.2) is 0 Å². The van der Waals surface area contributed by atoms with Crippen molar-refractivity contribution in [3.8, 4) is 0 Å². The van der Waals surface area contributed by atoms with Gasteiger partial charge in [-0.05, 0) is 37.1 Å². The zero-order valence-corrected chi connectivity index (χ0v) is 12.1. The predicted molar refractivity (Wildman–Crippen MR) is 83.3 cm³/mol. The van der Waals surface area contributed by atoms with Crippen molar-refractivity contribution in [2.45, 2.75) is 13.8 Å². The van der Waals surface area contributed by atoms with Gasteiger partial charge in [-0.15, -0.1) is 0 Å². The summed E-state index contributed by atoms with van der Waals surface area (Å²) in [4.78, 5) is 23.9. The Morgan fingerprint density at radius 2 is 1.52 bits per heavy atom. The van der Waals surface area contributed by atoms with Crippen LogP contribution in [-0.2, 0) is 4.79 Å². The maximum Gasteiger partial charge on any atom is 0.251 e. The highest BCUT2D eigenvalue weighted by atomic mass is 16.2. The van der Waals surface area contributed by atoms with Crippen molar-refractivity contribution < 1.29 is 9.59 Å². The molecular weight excluding hydrogens is 264 g/mol. The summed E-state index contributed by atoms with van der Waals surface area (Å²) in [6.45, 7) is 3.73. The van der Waals surface area contributed by atoms with Crippen molar-refractivity contribution in [3.05, 3.63) is 65.2 Å². The topological polar surface area (TPSA) is 58.2 Å². The van der Waals surface area contributed by atoms with Crippen molar-refractivity contribution in [2.75, 3.05) is 11.9 Å². The Morgan fingerprint density at radius 3 is 2.19 bits per heavy atom. The first-order valence-corrected chi connectivity index (χ1v) is 6.77. The quantitative estimate of drug-likeness (QED) is 0.905. The predicted octanol–water partition coefficient (Wildman–Crippen LogP) is 2.67. The third kappa shape index (κ3) is 3.92. The van der Waals surface area contributed by atoms with E-state index in [0.717, 1.165) is 16.8 Å². The minimum Gasteiger partial charge on any atom is -0.343 e. The summed E-state index contributed by atoms with van der Waals surface area (Å²) < 4.78 is 0. The first-order valence-electron chi connectivity index (χ1n) is 6.77. The van der Waals surface area contributed by atoms with Crippen LogP contribution in [0.3, 0.4) is 0 Å². The second kappa shape index (κ2) is 6.70. The molecule has 0 aliphatic carbocycles. The van der Waals surface area contributed by atoms with Crippen LogP contribution in [0.4, 0.5) is 5.69 Å². The average molecular weight is 282 g/mol. The maximum atomic E-state index is 12.0. The molecule has 108 valence electrons. The van der Waals surface area contributed by atoms with E-state index in [2.05, 4.69) is 10.6 Å². The monoisotopic (exact) mass is 282 g/mol. The molecule has 0 heterocycles. The molecule has 0 aromatic heterocycles. The number of nitrogens with one attached hydrogen (secondary N) is 2. The number of benzene rings is 2. The molecule has 21 heavy (non-hydrogen) atoms. The number of carbonyl (C=O) groups excluding carboxylic acids is 2. The molecule has 4 heteroatoms. The lowest BCUT2D eigenvalue weighted by atomic mass is 10.1. The van der Waals surface area contributed by atoms with Gasteiger partial charge in [-0.25, -0.2) is 0 Å². The first-order chi connectivity index (χ1) is 10.1. The summed E-state index contributed by atoms with van der Waals surface area (Å²) >= 11 is 0. The van der Waals surface area contributed by atoms with E-state index >= 15 is 0 Å². The van der Waals surface area contributed by atoms with Crippen LogP contribution < -0.4 is 10.6 Å². The molecule has 2 amide bonds. The zero-order valence-electron chi connectivity index (χ0n) is 12.1. The molecule has 2 N–H and O–H groups in total. The molecular formula is C17H18N2O2. The minimum atomic E-state index is -0.244. The fraction of sp³-hybridized carbons (Fsp3) is 0.176. The number of hydrogen-bond acceptors (Lipinski definition) is 2. The van der Waals surface area contributed by atoms with Crippen molar-refractivity contribution in [3.63, 3.8) is 0 Å². The van der Waals surface area contributed by atoms with Crippen LogP contribution >= 0.6 is 0 Å². The summed E-state index contributed by atoms with van der Waals surface area (Å²) in [6.07, 6.45) is 0. The molecule has 2 rings (SSSR count). The van der Waals surface area contributed by atoms with Gasteiger partial charge < -0.3 is 10.6 Å². The number of para-hydroxylation sites is 1. The Kier molecular flexibility index (Phi) is 4.72. The van der Waals surface area contributed by atoms with Crippen molar-refractivity contribution >= 4 is 17.5 Å². The molecule has 0 aliphatic rings. The number of aryl methyl sites for hydroxylation is 2. The lowest BCUT2D eigenvalue weighted by molar-refractivity contribution is -0.115. The van der Waals surface area contributed by atoms with Gasteiger partial charge in [0.25, 0.3) is 5.91 Å². The van der Waals surface area contributed by atoms with Gasteiger partial charge in [0.05, 0.1) is 6.54 Å². The highest BCUT2D eigenvalue weighted by molar-refractivity contribution is 6.00. The number of hydrogen-bond donors (Lipinski definition) is 2. The summed E-state index contributed by atoms with van der Waals surface area (Å²) in [6, 6.07) is 14.8. The van der Waals surface area contributed by atoms with Crippen molar-refractivity contribution in [1.29, 1.82) is 0 Å². The molecule has 4 nitrogen and oxygen atoms in total. The van der Waals surface area contributed by atoms with E-state index in [1.165, 1.54) is 0 Å². The van der Waals surface area contributed by atoms with Crippen LogP contribution in [0.2, 0.25) is 0 Å². The molecule has 0 fully saturated rings. The van der Waals surface area contributed by atoms with E-state index in [0.29, 0.717) is 5.56 Å². The second-order valence-corrected chi connectivity index (χ2v) is 4.86. The standard InChI is InChI=1S/C17H18N2O2/c1-12-7-3-5-9-14(12)17(21)18-11-16(20)19-15-10-6-4-8-13(15)2/h3-10H,11H2,1-2H3,(H,18,21)(H,19,20). The van der Waals surface area contributed by atoms with E-state index in [-0.39, 0.29) is 18.4 Å². The van der Waals surface area contributed by atoms with Crippen molar-refractivity contribution in [2.24, 2.45) is 0 Å². The normalized spacial score (nSPS) is 10.0. The second-order valence-electron chi connectivity index (χ2n) is 4.86. The SMILES string of the molecule is Cc1ccccc1NC(=O)CNC(=O)c1ccccc1C. The van der Waals surface area contributed by atoms with E-state index in [9.17, 15) is 9.59 Å². The molecule has 0 bridgehead atoms. The van der Waals surface area contributed by atoms with Gasteiger partial charge in [-0.1, -0.05) is 36.4 Å². The average Bonchev–Trinajstić information content (AvgIpc) is 2.48. The van der Waals surface area contributed by atoms with E-state index in [1.54, 1.807) is 12.1 Å². The number of amides is 2. The Hall–Kier alpha value is -2.62. The third-order valence-electron chi connectivity index (χ3n) is 3.22. The van der Waals surface area contributed by atoms with Gasteiger partial charge in [-0.2, -0.15) is 0 Å².